The van der Waals surface area contributed by atoms with E-state index in [0.29, 0.717) is 6.54 Å². The van der Waals surface area contributed by atoms with Crippen molar-refractivity contribution >= 4 is 17.2 Å². The van der Waals surface area contributed by atoms with Gasteiger partial charge < -0.3 is 10.6 Å². The second kappa shape index (κ2) is 7.02. The minimum atomic E-state index is -0.196. The number of hydrogen-bond donors (Lipinski definition) is 2. The SMILES string of the molecule is CC(NC1CCc2ncnn2C1)C(=O)NCCc1cccs1. The molecule has 0 fully saturated rings. The summed E-state index contributed by atoms with van der Waals surface area (Å²) in [4.78, 5) is 17.6. The van der Waals surface area contributed by atoms with Crippen molar-refractivity contribution in [3.05, 3.63) is 34.5 Å². The van der Waals surface area contributed by atoms with Gasteiger partial charge in [0.2, 0.25) is 5.91 Å². The quantitative estimate of drug-likeness (QED) is 0.833. The van der Waals surface area contributed by atoms with Crippen molar-refractivity contribution in [2.75, 3.05) is 6.54 Å². The number of rotatable bonds is 6. The fourth-order valence-electron chi connectivity index (χ4n) is 2.72. The third-order valence-corrected chi connectivity index (χ3v) is 4.87. The molecule has 3 heterocycles. The zero-order chi connectivity index (χ0) is 15.4. The Morgan fingerprint density at radius 1 is 1.59 bits per heavy atom. The van der Waals surface area contributed by atoms with Gasteiger partial charge in [-0.25, -0.2) is 9.67 Å². The third-order valence-electron chi connectivity index (χ3n) is 3.94. The Balaban J connectivity index is 1.41. The Morgan fingerprint density at radius 2 is 2.50 bits per heavy atom. The number of nitrogens with zero attached hydrogens (tertiary/aromatic N) is 3. The summed E-state index contributed by atoms with van der Waals surface area (Å²) in [6.07, 6.45) is 4.39. The predicted octanol–water partition coefficient (Wildman–Crippen LogP) is 0.991. The number of hydrogen-bond acceptors (Lipinski definition) is 5. The number of fused-ring (bicyclic) bond motifs is 1. The molecular weight excluding hydrogens is 298 g/mol. The molecule has 3 rings (SSSR count). The summed E-state index contributed by atoms with van der Waals surface area (Å²) >= 11 is 1.72. The summed E-state index contributed by atoms with van der Waals surface area (Å²) in [7, 11) is 0. The monoisotopic (exact) mass is 319 g/mol. The van der Waals surface area contributed by atoms with Gasteiger partial charge in [0.05, 0.1) is 12.6 Å². The number of carbonyl (C=O) groups is 1. The maximum absolute atomic E-state index is 12.1. The van der Waals surface area contributed by atoms with E-state index in [4.69, 9.17) is 0 Å². The van der Waals surface area contributed by atoms with E-state index >= 15 is 0 Å². The van der Waals surface area contributed by atoms with Crippen molar-refractivity contribution in [2.24, 2.45) is 0 Å². The van der Waals surface area contributed by atoms with Crippen molar-refractivity contribution in [1.29, 1.82) is 0 Å². The molecule has 1 aliphatic heterocycles. The predicted molar refractivity (Wildman–Crippen MR) is 85.8 cm³/mol. The number of amides is 1. The van der Waals surface area contributed by atoms with E-state index in [1.54, 1.807) is 17.7 Å². The molecular formula is C15H21N5OS. The topological polar surface area (TPSA) is 71.8 Å². The molecule has 2 aromatic heterocycles. The molecule has 2 aromatic rings. The minimum Gasteiger partial charge on any atom is -0.354 e. The fourth-order valence-corrected chi connectivity index (χ4v) is 3.43. The second-order valence-corrected chi connectivity index (χ2v) is 6.63. The van der Waals surface area contributed by atoms with Crippen LogP contribution in [0, 0.1) is 0 Å². The van der Waals surface area contributed by atoms with Gasteiger partial charge in [0.25, 0.3) is 0 Å². The Labute approximate surface area is 133 Å². The molecule has 2 N–H and O–H groups in total. The summed E-state index contributed by atoms with van der Waals surface area (Å²) in [6.45, 7) is 3.38. The molecule has 0 saturated carbocycles. The lowest BCUT2D eigenvalue weighted by molar-refractivity contribution is -0.123. The Kier molecular flexibility index (Phi) is 4.84. The Bertz CT molecular complexity index is 609. The van der Waals surface area contributed by atoms with Gasteiger partial charge in [0, 0.05) is 23.9 Å². The smallest absolute Gasteiger partial charge is 0.236 e. The normalized spacial score (nSPS) is 18.7. The van der Waals surface area contributed by atoms with E-state index < -0.39 is 0 Å². The van der Waals surface area contributed by atoms with Gasteiger partial charge >= 0.3 is 0 Å². The van der Waals surface area contributed by atoms with E-state index in [1.807, 2.05) is 17.7 Å². The average molecular weight is 319 g/mol. The first-order valence-corrected chi connectivity index (χ1v) is 8.53. The lowest BCUT2D eigenvalue weighted by Gasteiger charge is -2.26. The molecule has 6 nitrogen and oxygen atoms in total. The van der Waals surface area contributed by atoms with Crippen LogP contribution < -0.4 is 10.6 Å². The highest BCUT2D eigenvalue weighted by molar-refractivity contribution is 7.09. The summed E-state index contributed by atoms with van der Waals surface area (Å²) in [5.74, 6) is 1.09. The van der Waals surface area contributed by atoms with Crippen LogP contribution in [-0.2, 0) is 24.2 Å². The van der Waals surface area contributed by atoms with Gasteiger partial charge in [-0.2, -0.15) is 5.10 Å². The van der Waals surface area contributed by atoms with Gasteiger partial charge in [-0.1, -0.05) is 6.07 Å². The van der Waals surface area contributed by atoms with Crippen LogP contribution in [0.5, 0.6) is 0 Å². The number of aromatic nitrogens is 3. The maximum atomic E-state index is 12.1. The minimum absolute atomic E-state index is 0.0564. The van der Waals surface area contributed by atoms with Gasteiger partial charge in [0.1, 0.15) is 12.2 Å². The lowest BCUT2D eigenvalue weighted by atomic mass is 10.1. The summed E-state index contributed by atoms with van der Waals surface area (Å²) in [6, 6.07) is 4.20. The molecule has 118 valence electrons. The van der Waals surface area contributed by atoms with Crippen molar-refractivity contribution in [2.45, 2.75) is 44.8 Å². The zero-order valence-electron chi connectivity index (χ0n) is 12.7. The van der Waals surface area contributed by atoms with E-state index in [2.05, 4.69) is 32.2 Å². The van der Waals surface area contributed by atoms with Crippen molar-refractivity contribution in [3.63, 3.8) is 0 Å². The number of nitrogens with one attached hydrogen (secondary N) is 2. The fraction of sp³-hybridized carbons (Fsp3) is 0.533. The molecule has 2 unspecified atom stereocenters. The van der Waals surface area contributed by atoms with Crippen LogP contribution >= 0.6 is 11.3 Å². The number of thiophene rings is 1. The van der Waals surface area contributed by atoms with Gasteiger partial charge in [0.15, 0.2) is 0 Å². The highest BCUT2D eigenvalue weighted by atomic mass is 32.1. The standard InChI is InChI=1S/C15H21N5OS/c1-11(15(21)16-7-6-13-3-2-8-22-13)19-12-4-5-14-17-10-18-20(14)9-12/h2-3,8,10-12,19H,4-7,9H2,1H3,(H,16,21). The average Bonchev–Trinajstić information content (AvgIpc) is 3.17. The summed E-state index contributed by atoms with van der Waals surface area (Å²) in [5, 5.41) is 12.7. The van der Waals surface area contributed by atoms with E-state index in [9.17, 15) is 4.79 Å². The molecule has 0 aliphatic carbocycles. The van der Waals surface area contributed by atoms with Gasteiger partial charge in [-0.05, 0) is 31.2 Å². The van der Waals surface area contributed by atoms with Crippen molar-refractivity contribution in [3.8, 4) is 0 Å². The highest BCUT2D eigenvalue weighted by Crippen LogP contribution is 2.12. The molecule has 0 saturated heterocycles. The molecule has 1 aliphatic rings. The first-order valence-electron chi connectivity index (χ1n) is 7.65. The first kappa shape index (κ1) is 15.2. The lowest BCUT2D eigenvalue weighted by Crippen LogP contribution is -2.49. The second-order valence-electron chi connectivity index (χ2n) is 5.60. The van der Waals surface area contributed by atoms with Gasteiger partial charge in [-0.3, -0.25) is 4.79 Å². The van der Waals surface area contributed by atoms with Crippen LogP contribution in [0.1, 0.15) is 24.0 Å². The molecule has 0 aromatic carbocycles. The Hall–Kier alpha value is -1.73. The maximum Gasteiger partial charge on any atom is 0.236 e. The van der Waals surface area contributed by atoms with Crippen LogP contribution in [0.3, 0.4) is 0 Å². The van der Waals surface area contributed by atoms with Crippen LogP contribution in [0.2, 0.25) is 0 Å². The van der Waals surface area contributed by atoms with Crippen molar-refractivity contribution in [1.82, 2.24) is 25.4 Å². The zero-order valence-corrected chi connectivity index (χ0v) is 13.5. The molecule has 0 bridgehead atoms. The van der Waals surface area contributed by atoms with Gasteiger partial charge in [-0.15, -0.1) is 11.3 Å². The van der Waals surface area contributed by atoms with E-state index in [-0.39, 0.29) is 18.0 Å². The number of aryl methyl sites for hydroxylation is 1. The highest BCUT2D eigenvalue weighted by Gasteiger charge is 2.23. The molecule has 2 atom stereocenters. The van der Waals surface area contributed by atoms with Crippen LogP contribution in [0.25, 0.3) is 0 Å². The molecule has 22 heavy (non-hydrogen) atoms. The third kappa shape index (κ3) is 3.72. The molecule has 7 heteroatoms. The molecule has 1 amide bonds. The largest absolute Gasteiger partial charge is 0.354 e. The number of carbonyl (C=O) groups excluding carboxylic acids is 1. The first-order chi connectivity index (χ1) is 10.7. The molecule has 0 radical (unpaired) electrons. The van der Waals surface area contributed by atoms with Crippen molar-refractivity contribution < 1.29 is 4.79 Å². The van der Waals surface area contributed by atoms with E-state index in [1.165, 1.54) is 4.88 Å². The summed E-state index contributed by atoms with van der Waals surface area (Å²) < 4.78 is 1.92. The van der Waals surface area contributed by atoms with Crippen LogP contribution in [0.15, 0.2) is 23.8 Å². The van der Waals surface area contributed by atoms with E-state index in [0.717, 1.165) is 31.6 Å². The molecule has 0 spiro atoms. The van der Waals surface area contributed by atoms with Crippen LogP contribution in [0.4, 0.5) is 0 Å². The Morgan fingerprint density at radius 3 is 3.32 bits per heavy atom. The van der Waals surface area contributed by atoms with Crippen LogP contribution in [-0.4, -0.2) is 39.3 Å². The summed E-state index contributed by atoms with van der Waals surface area (Å²) in [5.41, 5.74) is 0.